The van der Waals surface area contributed by atoms with Gasteiger partial charge in [-0.1, -0.05) is 38.1 Å². The van der Waals surface area contributed by atoms with Gasteiger partial charge in [0.1, 0.15) is 0 Å². The van der Waals surface area contributed by atoms with E-state index in [-0.39, 0.29) is 5.54 Å². The molecule has 1 aromatic carbocycles. The molecule has 0 spiro atoms. The predicted molar refractivity (Wildman–Crippen MR) is 68.7 cm³/mol. The van der Waals surface area contributed by atoms with Gasteiger partial charge in [0.05, 0.1) is 0 Å². The van der Waals surface area contributed by atoms with Gasteiger partial charge in [0.25, 0.3) is 0 Å². The molecule has 0 aromatic heterocycles. The van der Waals surface area contributed by atoms with Crippen LogP contribution in [0.4, 0.5) is 0 Å². The van der Waals surface area contributed by atoms with E-state index < -0.39 is 0 Å². The zero-order chi connectivity index (χ0) is 11.8. The third-order valence-corrected chi connectivity index (χ3v) is 3.66. The maximum atomic E-state index is 6.29. The normalized spacial score (nSPS) is 29.9. The summed E-state index contributed by atoms with van der Waals surface area (Å²) in [6.07, 6.45) is 0. The molecule has 2 rings (SSSR count). The molecule has 2 heteroatoms. The SMILES string of the molecule is CC(C)c1ccc(C2CNCC2(C)N)cc1. The minimum absolute atomic E-state index is 0.112. The van der Waals surface area contributed by atoms with Gasteiger partial charge in [-0.15, -0.1) is 0 Å². The second kappa shape index (κ2) is 4.19. The predicted octanol–water partition coefficient (Wildman–Crippen LogP) is 2.21. The van der Waals surface area contributed by atoms with Crippen LogP contribution in [0.2, 0.25) is 0 Å². The third-order valence-electron chi connectivity index (χ3n) is 3.66. The average molecular weight is 218 g/mol. The standard InChI is InChI=1S/C14H22N2/c1-10(2)11-4-6-12(7-5-11)13-8-16-9-14(13,3)15/h4-7,10,13,16H,8-9,15H2,1-3H3. The Morgan fingerprint density at radius 1 is 1.31 bits per heavy atom. The van der Waals surface area contributed by atoms with Crippen LogP contribution < -0.4 is 11.1 Å². The van der Waals surface area contributed by atoms with Crippen molar-refractivity contribution in [1.82, 2.24) is 5.32 Å². The highest BCUT2D eigenvalue weighted by molar-refractivity contribution is 5.30. The first-order chi connectivity index (χ1) is 7.50. The largest absolute Gasteiger partial charge is 0.324 e. The highest BCUT2D eigenvalue weighted by Crippen LogP contribution is 2.30. The molecular weight excluding hydrogens is 196 g/mol. The van der Waals surface area contributed by atoms with E-state index in [4.69, 9.17) is 5.73 Å². The molecule has 0 saturated carbocycles. The van der Waals surface area contributed by atoms with E-state index in [0.29, 0.717) is 11.8 Å². The molecule has 2 atom stereocenters. The summed E-state index contributed by atoms with van der Waals surface area (Å²) in [6, 6.07) is 8.93. The van der Waals surface area contributed by atoms with Crippen molar-refractivity contribution in [2.75, 3.05) is 13.1 Å². The average Bonchev–Trinajstić information content (AvgIpc) is 2.58. The molecule has 0 bridgehead atoms. The van der Waals surface area contributed by atoms with E-state index in [2.05, 4.69) is 50.4 Å². The Bertz CT molecular complexity index is 352. The smallest absolute Gasteiger partial charge is 0.0333 e. The summed E-state index contributed by atoms with van der Waals surface area (Å²) in [5.74, 6) is 1.04. The van der Waals surface area contributed by atoms with Crippen molar-refractivity contribution in [3.05, 3.63) is 35.4 Å². The molecule has 16 heavy (non-hydrogen) atoms. The quantitative estimate of drug-likeness (QED) is 0.798. The van der Waals surface area contributed by atoms with Crippen molar-refractivity contribution in [3.8, 4) is 0 Å². The summed E-state index contributed by atoms with van der Waals surface area (Å²) in [5, 5.41) is 3.37. The molecule has 88 valence electrons. The molecule has 1 saturated heterocycles. The van der Waals surface area contributed by atoms with Crippen LogP contribution in [-0.4, -0.2) is 18.6 Å². The fourth-order valence-corrected chi connectivity index (χ4v) is 2.45. The highest BCUT2D eigenvalue weighted by atomic mass is 15.0. The lowest BCUT2D eigenvalue weighted by molar-refractivity contribution is 0.462. The lowest BCUT2D eigenvalue weighted by atomic mass is 9.84. The topological polar surface area (TPSA) is 38.0 Å². The lowest BCUT2D eigenvalue weighted by Gasteiger charge is -2.26. The summed E-state index contributed by atoms with van der Waals surface area (Å²) in [6.45, 7) is 8.48. The Kier molecular flexibility index (Phi) is 3.04. The summed E-state index contributed by atoms with van der Waals surface area (Å²) >= 11 is 0. The van der Waals surface area contributed by atoms with Gasteiger partial charge in [-0.2, -0.15) is 0 Å². The van der Waals surface area contributed by atoms with E-state index in [9.17, 15) is 0 Å². The first-order valence-electron chi connectivity index (χ1n) is 6.10. The molecule has 2 unspecified atom stereocenters. The molecule has 0 amide bonds. The van der Waals surface area contributed by atoms with E-state index >= 15 is 0 Å². The van der Waals surface area contributed by atoms with Crippen molar-refractivity contribution >= 4 is 0 Å². The van der Waals surface area contributed by atoms with E-state index in [0.717, 1.165) is 13.1 Å². The number of nitrogens with two attached hydrogens (primary N) is 1. The molecule has 0 radical (unpaired) electrons. The Balaban J connectivity index is 2.22. The maximum Gasteiger partial charge on any atom is 0.0333 e. The maximum absolute atomic E-state index is 6.29. The van der Waals surface area contributed by atoms with Crippen molar-refractivity contribution < 1.29 is 0 Å². The van der Waals surface area contributed by atoms with Crippen LogP contribution >= 0.6 is 0 Å². The highest BCUT2D eigenvalue weighted by Gasteiger charge is 2.35. The zero-order valence-electron chi connectivity index (χ0n) is 10.5. The van der Waals surface area contributed by atoms with Crippen LogP contribution in [0, 0.1) is 0 Å². The van der Waals surface area contributed by atoms with Crippen LogP contribution in [0.5, 0.6) is 0 Å². The van der Waals surface area contributed by atoms with Crippen LogP contribution in [-0.2, 0) is 0 Å². The van der Waals surface area contributed by atoms with Gasteiger partial charge < -0.3 is 11.1 Å². The van der Waals surface area contributed by atoms with Crippen LogP contribution in [0.3, 0.4) is 0 Å². The molecule has 2 nitrogen and oxygen atoms in total. The van der Waals surface area contributed by atoms with Gasteiger partial charge in [0, 0.05) is 24.5 Å². The number of hydrogen-bond donors (Lipinski definition) is 2. The van der Waals surface area contributed by atoms with Crippen LogP contribution in [0.25, 0.3) is 0 Å². The van der Waals surface area contributed by atoms with Crippen molar-refractivity contribution in [2.45, 2.75) is 38.1 Å². The molecule has 1 heterocycles. The molecule has 1 aliphatic rings. The Morgan fingerprint density at radius 2 is 1.94 bits per heavy atom. The van der Waals surface area contributed by atoms with Gasteiger partial charge >= 0.3 is 0 Å². The number of benzene rings is 1. The van der Waals surface area contributed by atoms with Gasteiger partial charge in [0.2, 0.25) is 0 Å². The van der Waals surface area contributed by atoms with Crippen molar-refractivity contribution in [1.29, 1.82) is 0 Å². The molecule has 0 aliphatic carbocycles. The molecule has 3 N–H and O–H groups in total. The third kappa shape index (κ3) is 2.13. The molecule has 1 aliphatic heterocycles. The Labute approximate surface area is 98.2 Å². The van der Waals surface area contributed by atoms with Crippen molar-refractivity contribution in [2.24, 2.45) is 5.73 Å². The first-order valence-corrected chi connectivity index (χ1v) is 6.10. The Hall–Kier alpha value is -0.860. The number of hydrogen-bond acceptors (Lipinski definition) is 2. The summed E-state index contributed by atoms with van der Waals surface area (Å²) in [5.41, 5.74) is 8.93. The number of nitrogens with one attached hydrogen (secondary N) is 1. The monoisotopic (exact) mass is 218 g/mol. The van der Waals surface area contributed by atoms with Gasteiger partial charge in [-0.05, 0) is 24.0 Å². The fraction of sp³-hybridized carbons (Fsp3) is 0.571. The minimum atomic E-state index is -0.112. The van der Waals surface area contributed by atoms with Gasteiger partial charge in [0.15, 0.2) is 0 Å². The Morgan fingerprint density at radius 3 is 2.38 bits per heavy atom. The summed E-state index contributed by atoms with van der Waals surface area (Å²) < 4.78 is 0. The van der Waals surface area contributed by atoms with E-state index in [1.54, 1.807) is 0 Å². The second-order valence-corrected chi connectivity index (χ2v) is 5.51. The summed E-state index contributed by atoms with van der Waals surface area (Å²) in [7, 11) is 0. The lowest BCUT2D eigenvalue weighted by Crippen LogP contribution is -2.42. The summed E-state index contributed by atoms with van der Waals surface area (Å²) in [4.78, 5) is 0. The second-order valence-electron chi connectivity index (χ2n) is 5.51. The molecule has 1 aromatic rings. The van der Waals surface area contributed by atoms with Gasteiger partial charge in [-0.3, -0.25) is 0 Å². The van der Waals surface area contributed by atoms with E-state index in [1.165, 1.54) is 11.1 Å². The zero-order valence-corrected chi connectivity index (χ0v) is 10.5. The van der Waals surface area contributed by atoms with Gasteiger partial charge in [-0.25, -0.2) is 0 Å². The van der Waals surface area contributed by atoms with Crippen LogP contribution in [0.1, 0.15) is 43.7 Å². The number of rotatable bonds is 2. The first kappa shape index (κ1) is 11.6. The molecule has 1 fully saturated rings. The minimum Gasteiger partial charge on any atom is -0.324 e. The van der Waals surface area contributed by atoms with Crippen molar-refractivity contribution in [3.63, 3.8) is 0 Å². The van der Waals surface area contributed by atoms with Crippen LogP contribution in [0.15, 0.2) is 24.3 Å². The molecular formula is C14H22N2. The van der Waals surface area contributed by atoms with E-state index in [1.807, 2.05) is 0 Å². The fourth-order valence-electron chi connectivity index (χ4n) is 2.45.